The molecule has 2 aromatic rings. The van der Waals surface area contributed by atoms with Crippen molar-refractivity contribution in [3.8, 4) is 11.3 Å². The van der Waals surface area contributed by atoms with E-state index in [9.17, 15) is 0 Å². The van der Waals surface area contributed by atoms with Gasteiger partial charge in [-0.05, 0) is 24.0 Å². The smallest absolute Gasteiger partial charge is 0.0926 e. The van der Waals surface area contributed by atoms with Gasteiger partial charge in [-0.25, -0.2) is 0 Å². The maximum atomic E-state index is 5.65. The first kappa shape index (κ1) is 22.6. The van der Waals surface area contributed by atoms with E-state index in [0.29, 0.717) is 24.1 Å². The molecule has 0 saturated carbocycles. The fourth-order valence-corrected chi connectivity index (χ4v) is 2.66. The molecule has 27 heavy (non-hydrogen) atoms. The molecule has 1 aromatic heterocycles. The lowest BCUT2D eigenvalue weighted by atomic mass is 10.1. The van der Waals surface area contributed by atoms with Crippen LogP contribution in [-0.4, -0.2) is 36.3 Å². The van der Waals surface area contributed by atoms with Crippen molar-refractivity contribution >= 4 is 5.71 Å². The summed E-state index contributed by atoms with van der Waals surface area (Å²) in [5, 5.41) is 4.52. The van der Waals surface area contributed by atoms with Crippen LogP contribution in [0, 0.1) is 5.92 Å². The Morgan fingerprint density at radius 3 is 2.30 bits per heavy atom. The average molecular weight is 371 g/mol. The third-order valence-electron chi connectivity index (χ3n) is 4.07. The molecule has 0 spiro atoms. The Morgan fingerprint density at radius 2 is 1.85 bits per heavy atom. The van der Waals surface area contributed by atoms with Crippen molar-refractivity contribution in [1.29, 1.82) is 0 Å². The first-order chi connectivity index (χ1) is 12.8. The second-order valence-electron chi connectivity index (χ2n) is 7.05. The molecule has 0 saturated heterocycles. The second kappa shape index (κ2) is 11.3. The number of nitrogens with zero attached hydrogens (tertiary/aromatic N) is 3. The Balaban J connectivity index is 0.000000279. The zero-order chi connectivity index (χ0) is 20.4. The zero-order valence-corrected chi connectivity index (χ0v) is 17.7. The molecule has 1 heterocycles. The Bertz CT molecular complexity index is 743. The minimum absolute atomic E-state index is 0.408. The Hall–Kier alpha value is -2.40. The standard InChI is InChI=1S/C13H16N2.C9H18N2O/c1-10(2)13-9-12(14-15(13)3)11-7-5-4-6-8-11;1-7(2)9(11-3)5-8(10)6-12-4/h4-10H,1-3H3;5,7H,6,10H2,1-4H3/b;8-5-,11-9?. The van der Waals surface area contributed by atoms with Crippen LogP contribution < -0.4 is 5.73 Å². The number of hydrogen-bond acceptors (Lipinski definition) is 4. The highest BCUT2D eigenvalue weighted by molar-refractivity contribution is 5.96. The summed E-state index contributed by atoms with van der Waals surface area (Å²) in [6, 6.07) is 12.5. The van der Waals surface area contributed by atoms with Crippen LogP contribution >= 0.6 is 0 Å². The minimum atomic E-state index is 0.408. The topological polar surface area (TPSA) is 65.4 Å². The van der Waals surface area contributed by atoms with E-state index in [-0.39, 0.29) is 0 Å². The highest BCUT2D eigenvalue weighted by atomic mass is 16.5. The molecule has 148 valence electrons. The first-order valence-electron chi connectivity index (χ1n) is 9.31. The van der Waals surface area contributed by atoms with Crippen molar-refractivity contribution in [2.45, 2.75) is 33.6 Å². The zero-order valence-electron chi connectivity index (χ0n) is 17.7. The number of rotatable bonds is 6. The van der Waals surface area contributed by atoms with Crippen LogP contribution in [0.3, 0.4) is 0 Å². The number of allylic oxidation sites excluding steroid dienone is 1. The van der Waals surface area contributed by atoms with E-state index in [1.165, 1.54) is 11.3 Å². The van der Waals surface area contributed by atoms with Gasteiger partial charge in [0.15, 0.2) is 0 Å². The van der Waals surface area contributed by atoms with E-state index in [2.05, 4.69) is 56.0 Å². The highest BCUT2D eigenvalue weighted by Gasteiger charge is 2.09. The van der Waals surface area contributed by atoms with Crippen LogP contribution in [0.15, 0.2) is 53.2 Å². The maximum absolute atomic E-state index is 5.65. The van der Waals surface area contributed by atoms with Crippen molar-refractivity contribution in [3.05, 3.63) is 53.9 Å². The number of nitrogens with two attached hydrogens (primary N) is 1. The van der Waals surface area contributed by atoms with E-state index in [0.717, 1.165) is 11.4 Å². The van der Waals surface area contributed by atoms with Gasteiger partial charge in [0.2, 0.25) is 0 Å². The number of methoxy groups -OCH3 is 1. The molecular formula is C22H34N4O. The number of aliphatic imine (C=N–C) groups is 1. The lowest BCUT2D eigenvalue weighted by molar-refractivity contribution is 0.225. The summed E-state index contributed by atoms with van der Waals surface area (Å²) in [6.45, 7) is 9.00. The Morgan fingerprint density at radius 1 is 1.22 bits per heavy atom. The summed E-state index contributed by atoms with van der Waals surface area (Å²) in [7, 11) is 5.40. The van der Waals surface area contributed by atoms with Crippen LogP contribution in [0.2, 0.25) is 0 Å². The van der Waals surface area contributed by atoms with Gasteiger partial charge in [0, 0.05) is 43.9 Å². The predicted octanol–water partition coefficient (Wildman–Crippen LogP) is 4.41. The average Bonchev–Trinajstić information content (AvgIpc) is 3.03. The predicted molar refractivity (Wildman–Crippen MR) is 115 cm³/mol. The fraction of sp³-hybridized carbons (Fsp3) is 0.455. The van der Waals surface area contributed by atoms with Crippen LogP contribution in [0.25, 0.3) is 11.3 Å². The van der Waals surface area contributed by atoms with Gasteiger partial charge in [0.05, 0.1) is 12.3 Å². The lowest BCUT2D eigenvalue weighted by Gasteiger charge is -2.05. The molecule has 5 nitrogen and oxygen atoms in total. The molecule has 2 N–H and O–H groups in total. The Labute approximate surface area is 164 Å². The van der Waals surface area contributed by atoms with Gasteiger partial charge in [-0.15, -0.1) is 0 Å². The number of aryl methyl sites for hydroxylation is 1. The van der Waals surface area contributed by atoms with E-state index in [1.807, 2.05) is 36.0 Å². The highest BCUT2D eigenvalue weighted by Crippen LogP contribution is 2.22. The van der Waals surface area contributed by atoms with Crippen molar-refractivity contribution < 1.29 is 4.74 Å². The summed E-state index contributed by atoms with van der Waals surface area (Å²) in [6.07, 6.45) is 1.87. The molecule has 0 amide bonds. The number of ether oxygens (including phenoxy) is 1. The quantitative estimate of drug-likeness (QED) is 0.766. The second-order valence-corrected chi connectivity index (χ2v) is 7.05. The van der Waals surface area contributed by atoms with E-state index < -0.39 is 0 Å². The van der Waals surface area contributed by atoms with Crippen LogP contribution in [0.1, 0.15) is 39.3 Å². The maximum Gasteiger partial charge on any atom is 0.0926 e. The van der Waals surface area contributed by atoms with Gasteiger partial charge < -0.3 is 10.5 Å². The molecule has 0 aliphatic rings. The molecule has 0 atom stereocenters. The SMILES string of the molecule is CC(C)c1cc(-c2ccccc2)nn1C.CN=C(/C=C(\N)COC)C(C)C. The van der Waals surface area contributed by atoms with E-state index in [4.69, 9.17) is 10.5 Å². The summed E-state index contributed by atoms with van der Waals surface area (Å²) < 4.78 is 6.85. The molecule has 0 aliphatic heterocycles. The molecule has 0 unspecified atom stereocenters. The normalized spacial score (nSPS) is 12.3. The van der Waals surface area contributed by atoms with Crippen molar-refractivity contribution in [3.63, 3.8) is 0 Å². The molecule has 1 aromatic carbocycles. The molecule has 0 radical (unpaired) electrons. The lowest BCUT2D eigenvalue weighted by Crippen LogP contribution is -2.11. The van der Waals surface area contributed by atoms with Gasteiger partial charge >= 0.3 is 0 Å². The molecule has 0 fully saturated rings. The van der Waals surface area contributed by atoms with Crippen molar-refractivity contribution in [1.82, 2.24) is 9.78 Å². The van der Waals surface area contributed by atoms with Crippen LogP contribution in [0.5, 0.6) is 0 Å². The van der Waals surface area contributed by atoms with Gasteiger partial charge in [0.1, 0.15) is 0 Å². The summed E-state index contributed by atoms with van der Waals surface area (Å²) >= 11 is 0. The van der Waals surface area contributed by atoms with Crippen LogP contribution in [0.4, 0.5) is 0 Å². The van der Waals surface area contributed by atoms with Gasteiger partial charge in [-0.1, -0.05) is 58.0 Å². The van der Waals surface area contributed by atoms with Gasteiger partial charge in [-0.2, -0.15) is 5.10 Å². The van der Waals surface area contributed by atoms with E-state index in [1.54, 1.807) is 14.2 Å². The monoisotopic (exact) mass is 370 g/mol. The first-order valence-corrected chi connectivity index (χ1v) is 9.31. The molecular weight excluding hydrogens is 336 g/mol. The molecule has 0 aliphatic carbocycles. The summed E-state index contributed by atoms with van der Waals surface area (Å²) in [5.41, 5.74) is 10.9. The molecule has 2 rings (SSSR count). The minimum Gasteiger partial charge on any atom is -0.400 e. The summed E-state index contributed by atoms with van der Waals surface area (Å²) in [4.78, 5) is 4.11. The van der Waals surface area contributed by atoms with Crippen LogP contribution in [-0.2, 0) is 11.8 Å². The summed E-state index contributed by atoms with van der Waals surface area (Å²) in [5.74, 6) is 0.922. The van der Waals surface area contributed by atoms with Crippen molar-refractivity contribution in [2.24, 2.45) is 23.7 Å². The van der Waals surface area contributed by atoms with E-state index >= 15 is 0 Å². The van der Waals surface area contributed by atoms with Crippen molar-refractivity contribution in [2.75, 3.05) is 20.8 Å². The molecule has 0 bridgehead atoms. The molecule has 5 heteroatoms. The number of benzene rings is 1. The fourth-order valence-electron chi connectivity index (χ4n) is 2.66. The third kappa shape index (κ3) is 7.39. The third-order valence-corrected chi connectivity index (χ3v) is 4.07. The number of aromatic nitrogens is 2. The van der Waals surface area contributed by atoms with Gasteiger partial charge in [-0.3, -0.25) is 9.67 Å². The largest absolute Gasteiger partial charge is 0.400 e. The van der Waals surface area contributed by atoms with Gasteiger partial charge in [0.25, 0.3) is 0 Å². The Kier molecular flexibility index (Phi) is 9.51. The number of hydrogen-bond donors (Lipinski definition) is 1.